The topological polar surface area (TPSA) is 202 Å². The molecule has 5 N–H and O–H groups in total. The fourth-order valence-electron chi connectivity index (χ4n) is 4.72. The SMILES string of the molecule is C=C1[C@H](COP(=O)(N[C@@H](C)C(=O)OC(C)C)Oc2cccc3c2OCO3)[C@@H](O)C[C@@H]1n1cnc2c(=O)[nH]c(N)nc21. The van der Waals surface area contributed by atoms with Crippen LogP contribution in [0.1, 0.15) is 33.2 Å². The van der Waals surface area contributed by atoms with Gasteiger partial charge in [-0.15, -0.1) is 0 Å². The highest BCUT2D eigenvalue weighted by atomic mass is 31.2. The van der Waals surface area contributed by atoms with Gasteiger partial charge in [-0.2, -0.15) is 10.1 Å². The molecule has 41 heavy (non-hydrogen) atoms. The van der Waals surface area contributed by atoms with Gasteiger partial charge in [0, 0.05) is 5.92 Å². The number of aliphatic hydroxyl groups excluding tert-OH is 1. The van der Waals surface area contributed by atoms with E-state index in [1.165, 1.54) is 19.3 Å². The Morgan fingerprint density at radius 2 is 2.15 bits per heavy atom. The van der Waals surface area contributed by atoms with E-state index in [4.69, 9.17) is 29.0 Å². The number of H-pyrrole nitrogens is 1. The summed E-state index contributed by atoms with van der Waals surface area (Å²) in [4.78, 5) is 35.4. The Bertz CT molecular complexity index is 1590. The molecule has 5 atom stereocenters. The van der Waals surface area contributed by atoms with Crippen molar-refractivity contribution in [2.24, 2.45) is 5.92 Å². The molecule has 3 heterocycles. The normalized spacial score (nSPS) is 22.2. The predicted molar refractivity (Wildman–Crippen MR) is 145 cm³/mol. The molecule has 220 valence electrons. The third-order valence-corrected chi connectivity index (χ3v) is 8.31. The summed E-state index contributed by atoms with van der Waals surface area (Å²) >= 11 is 0. The molecule has 15 nitrogen and oxygen atoms in total. The van der Waals surface area contributed by atoms with Crippen LogP contribution in [0.3, 0.4) is 0 Å². The molecule has 0 spiro atoms. The van der Waals surface area contributed by atoms with Crippen LogP contribution < -0.4 is 30.4 Å². The molecule has 1 fully saturated rings. The van der Waals surface area contributed by atoms with E-state index in [0.717, 1.165) is 0 Å². The van der Waals surface area contributed by atoms with Gasteiger partial charge >= 0.3 is 13.7 Å². The number of aromatic nitrogens is 4. The number of nitrogens with one attached hydrogen (secondary N) is 2. The van der Waals surface area contributed by atoms with Crippen molar-refractivity contribution < 1.29 is 37.7 Å². The number of nitrogens with two attached hydrogens (primary N) is 1. The summed E-state index contributed by atoms with van der Waals surface area (Å²) in [6.07, 6.45) is 0.261. The van der Waals surface area contributed by atoms with Crippen molar-refractivity contribution in [3.63, 3.8) is 0 Å². The Hall–Kier alpha value is -3.91. The van der Waals surface area contributed by atoms with E-state index >= 15 is 0 Å². The third kappa shape index (κ3) is 5.79. The van der Waals surface area contributed by atoms with E-state index in [1.807, 2.05) is 0 Å². The first-order chi connectivity index (χ1) is 19.5. The molecule has 2 aromatic heterocycles. The first-order valence-electron chi connectivity index (χ1n) is 12.9. The molecule has 0 amide bonds. The van der Waals surface area contributed by atoms with Gasteiger partial charge in [0.1, 0.15) is 6.04 Å². The number of ether oxygens (including phenoxy) is 3. The van der Waals surface area contributed by atoms with Gasteiger partial charge in [-0.25, -0.2) is 9.55 Å². The standard InChI is InChI=1S/C25H31N6O9P/c1-12(2)39-24(34)14(4)30-41(35,40-19-7-5-6-18-21(19)37-11-36-18)38-9-15-13(3)16(8-17(15)32)31-10-27-20-22(31)28-25(26)29-23(20)33/h5-7,10,12,14-17,32H,3,8-9,11H2,1-2,4H3,(H,30,35)(H3,26,28,29,33)/t14-,15-,16-,17-,41?/m0/s1. The number of hydrogen-bond acceptors (Lipinski definition) is 12. The van der Waals surface area contributed by atoms with Gasteiger partial charge in [0.15, 0.2) is 22.7 Å². The lowest BCUT2D eigenvalue weighted by molar-refractivity contribution is -0.149. The fraction of sp³-hybridized carbons (Fsp3) is 0.440. The average molecular weight is 591 g/mol. The highest BCUT2D eigenvalue weighted by Crippen LogP contribution is 2.52. The molecule has 0 radical (unpaired) electrons. The van der Waals surface area contributed by atoms with Crippen molar-refractivity contribution in [2.45, 2.75) is 51.5 Å². The number of benzene rings is 1. The van der Waals surface area contributed by atoms with Gasteiger partial charge in [0.05, 0.1) is 31.2 Å². The van der Waals surface area contributed by atoms with Crippen LogP contribution in [-0.4, -0.2) is 62.2 Å². The first-order valence-corrected chi connectivity index (χ1v) is 14.4. The minimum Gasteiger partial charge on any atom is -0.462 e. The molecular formula is C25H31N6O9P. The minimum atomic E-state index is -4.30. The smallest absolute Gasteiger partial charge is 0.459 e. The molecule has 1 aromatic carbocycles. The van der Waals surface area contributed by atoms with E-state index < -0.39 is 49.5 Å². The lowest BCUT2D eigenvalue weighted by Crippen LogP contribution is -2.36. The second kappa shape index (κ2) is 11.2. The maximum Gasteiger partial charge on any atom is 0.459 e. The number of carbonyl (C=O) groups excluding carboxylic acids is 1. The first kappa shape index (κ1) is 28.6. The monoisotopic (exact) mass is 590 g/mol. The number of aliphatic hydroxyl groups is 1. The molecule has 5 rings (SSSR count). The van der Waals surface area contributed by atoms with Crippen molar-refractivity contribution in [2.75, 3.05) is 19.1 Å². The number of imidazole rings is 1. The zero-order valence-electron chi connectivity index (χ0n) is 22.6. The molecule has 1 unspecified atom stereocenters. The summed E-state index contributed by atoms with van der Waals surface area (Å²) in [5, 5.41) is 13.6. The van der Waals surface area contributed by atoms with Crippen molar-refractivity contribution >= 4 is 30.8 Å². The number of carbonyl (C=O) groups is 1. The van der Waals surface area contributed by atoms with Gasteiger partial charge in [-0.3, -0.25) is 19.1 Å². The second-order valence-corrected chi connectivity index (χ2v) is 11.7. The Labute approximate surface area is 234 Å². The van der Waals surface area contributed by atoms with Crippen LogP contribution in [-0.2, 0) is 18.6 Å². The van der Waals surface area contributed by atoms with E-state index in [1.54, 1.807) is 30.5 Å². The maximum atomic E-state index is 14.1. The summed E-state index contributed by atoms with van der Waals surface area (Å²) in [7, 11) is -4.30. The molecular weight excluding hydrogens is 559 g/mol. The number of esters is 1. The largest absolute Gasteiger partial charge is 0.462 e. The number of fused-ring (bicyclic) bond motifs is 2. The number of hydrogen-bond donors (Lipinski definition) is 4. The third-order valence-electron chi connectivity index (χ3n) is 6.68. The summed E-state index contributed by atoms with van der Waals surface area (Å²) < 4.78 is 43.3. The molecule has 0 bridgehead atoms. The Balaban J connectivity index is 1.37. The van der Waals surface area contributed by atoms with Crippen molar-refractivity contribution in [3.8, 4) is 17.2 Å². The Kier molecular flexibility index (Phi) is 7.79. The average Bonchev–Trinajstić information content (AvgIpc) is 3.60. The van der Waals surface area contributed by atoms with Crippen LogP contribution in [0.4, 0.5) is 5.95 Å². The van der Waals surface area contributed by atoms with Crippen LogP contribution in [0.2, 0.25) is 0 Å². The summed E-state index contributed by atoms with van der Waals surface area (Å²) in [6, 6.07) is 3.22. The van der Waals surface area contributed by atoms with Gasteiger partial charge < -0.3 is 34.1 Å². The van der Waals surface area contributed by atoms with Crippen molar-refractivity contribution in [1.82, 2.24) is 24.6 Å². The number of nitrogen functional groups attached to an aromatic ring is 1. The fourth-order valence-corrected chi connectivity index (χ4v) is 6.24. The number of rotatable bonds is 10. The number of aromatic amines is 1. The molecule has 0 saturated heterocycles. The van der Waals surface area contributed by atoms with Crippen molar-refractivity contribution in [3.05, 3.63) is 47.0 Å². The lowest BCUT2D eigenvalue weighted by Gasteiger charge is -2.26. The highest BCUT2D eigenvalue weighted by molar-refractivity contribution is 7.52. The van der Waals surface area contributed by atoms with Crippen LogP contribution in [0.25, 0.3) is 11.2 Å². The number of nitrogens with zero attached hydrogens (tertiary/aromatic N) is 3. The number of para-hydroxylation sites is 1. The zero-order valence-corrected chi connectivity index (χ0v) is 23.5. The summed E-state index contributed by atoms with van der Waals surface area (Å²) in [5.74, 6) is -0.745. The summed E-state index contributed by atoms with van der Waals surface area (Å²) in [6.45, 7) is 8.64. The molecule has 1 aliphatic heterocycles. The van der Waals surface area contributed by atoms with Crippen LogP contribution in [0.5, 0.6) is 17.2 Å². The molecule has 1 aliphatic carbocycles. The molecule has 16 heteroatoms. The molecule has 2 aliphatic rings. The van der Waals surface area contributed by atoms with E-state index in [2.05, 4.69) is 26.6 Å². The second-order valence-electron chi connectivity index (χ2n) is 9.99. The lowest BCUT2D eigenvalue weighted by atomic mass is 10.0. The zero-order chi connectivity index (χ0) is 29.5. The highest BCUT2D eigenvalue weighted by Gasteiger charge is 2.42. The minimum absolute atomic E-state index is 0.0454. The van der Waals surface area contributed by atoms with Gasteiger partial charge in [-0.05, 0) is 44.9 Å². The maximum absolute atomic E-state index is 14.1. The van der Waals surface area contributed by atoms with Gasteiger partial charge in [0.2, 0.25) is 18.5 Å². The molecule has 3 aromatic rings. The predicted octanol–water partition coefficient (Wildman–Crippen LogP) is 2.04. The van der Waals surface area contributed by atoms with Crippen molar-refractivity contribution in [1.29, 1.82) is 0 Å². The van der Waals surface area contributed by atoms with Gasteiger partial charge in [-0.1, -0.05) is 12.6 Å². The van der Waals surface area contributed by atoms with Crippen LogP contribution in [0.15, 0.2) is 41.5 Å². The Morgan fingerprint density at radius 1 is 1.37 bits per heavy atom. The quantitative estimate of drug-likeness (QED) is 0.152. The van der Waals surface area contributed by atoms with E-state index in [-0.39, 0.29) is 48.4 Å². The number of anilines is 1. The van der Waals surface area contributed by atoms with Gasteiger partial charge in [0.25, 0.3) is 5.56 Å². The Morgan fingerprint density at radius 3 is 2.90 bits per heavy atom. The summed E-state index contributed by atoms with van der Waals surface area (Å²) in [5.41, 5.74) is 6.07. The molecule has 1 saturated carbocycles. The van der Waals surface area contributed by atoms with Crippen LogP contribution in [0, 0.1) is 5.92 Å². The van der Waals surface area contributed by atoms with Crippen LogP contribution >= 0.6 is 7.75 Å². The van der Waals surface area contributed by atoms with E-state index in [9.17, 15) is 19.3 Å². The van der Waals surface area contributed by atoms with E-state index in [0.29, 0.717) is 11.3 Å².